The van der Waals surface area contributed by atoms with E-state index in [4.69, 9.17) is 0 Å². The summed E-state index contributed by atoms with van der Waals surface area (Å²) in [6.07, 6.45) is 1.37. The molecule has 7 heteroatoms. The molecule has 1 aromatic rings. The van der Waals surface area contributed by atoms with Crippen molar-refractivity contribution in [3.63, 3.8) is 0 Å². The summed E-state index contributed by atoms with van der Waals surface area (Å²) in [5.41, 5.74) is -0.958. The Morgan fingerprint density at radius 3 is 1.94 bits per heavy atom. The van der Waals surface area contributed by atoms with Gasteiger partial charge in [0.1, 0.15) is 5.69 Å². The van der Waals surface area contributed by atoms with E-state index in [2.05, 4.69) is 10.6 Å². The standard InChI is InChI=1S/C11H11F5N2/c12-6-7(13)9(15)11(10(16)8(6)14)18-5-2-1-3-17-4-5/h5,17-18H,1-4H2. The van der Waals surface area contributed by atoms with Crippen LogP contribution in [0.3, 0.4) is 0 Å². The van der Waals surface area contributed by atoms with Crippen LogP contribution in [-0.2, 0) is 0 Å². The predicted octanol–water partition coefficient (Wildman–Crippen LogP) is 2.55. The van der Waals surface area contributed by atoms with Crippen LogP contribution in [0.2, 0.25) is 0 Å². The van der Waals surface area contributed by atoms with Crippen LogP contribution in [0.4, 0.5) is 27.6 Å². The van der Waals surface area contributed by atoms with Gasteiger partial charge in [-0.1, -0.05) is 0 Å². The lowest BCUT2D eigenvalue weighted by Crippen LogP contribution is -2.39. The SMILES string of the molecule is Fc1c(F)c(F)c(NC2CCCNC2)c(F)c1F. The van der Waals surface area contributed by atoms with Crippen molar-refractivity contribution in [2.24, 2.45) is 0 Å². The minimum absolute atomic E-state index is 0.355. The van der Waals surface area contributed by atoms with E-state index < -0.39 is 34.8 Å². The molecule has 1 fully saturated rings. The van der Waals surface area contributed by atoms with Gasteiger partial charge in [-0.05, 0) is 19.4 Å². The smallest absolute Gasteiger partial charge is 0.200 e. The van der Waals surface area contributed by atoms with Crippen molar-refractivity contribution in [3.8, 4) is 0 Å². The van der Waals surface area contributed by atoms with Crippen LogP contribution in [0.1, 0.15) is 12.8 Å². The topological polar surface area (TPSA) is 24.1 Å². The predicted molar refractivity (Wildman–Crippen MR) is 55.7 cm³/mol. The lowest BCUT2D eigenvalue weighted by molar-refractivity contribution is 0.379. The molecule has 1 unspecified atom stereocenters. The van der Waals surface area contributed by atoms with Gasteiger partial charge in [0.15, 0.2) is 23.3 Å². The van der Waals surface area contributed by atoms with Gasteiger partial charge in [0.05, 0.1) is 0 Å². The number of halogens is 5. The van der Waals surface area contributed by atoms with Gasteiger partial charge in [-0.25, -0.2) is 22.0 Å². The third-order valence-electron chi connectivity index (χ3n) is 2.86. The molecule has 2 nitrogen and oxygen atoms in total. The first-order valence-corrected chi connectivity index (χ1v) is 5.51. The summed E-state index contributed by atoms with van der Waals surface area (Å²) in [7, 11) is 0. The fourth-order valence-electron chi connectivity index (χ4n) is 1.91. The van der Waals surface area contributed by atoms with E-state index in [0.29, 0.717) is 13.0 Å². The summed E-state index contributed by atoms with van der Waals surface area (Å²) in [5.74, 6) is -9.65. The maximum atomic E-state index is 13.4. The number of hydrogen-bond acceptors (Lipinski definition) is 2. The molecule has 0 bridgehead atoms. The maximum Gasteiger partial charge on any atom is 0.200 e. The van der Waals surface area contributed by atoms with Gasteiger partial charge in [-0.2, -0.15) is 0 Å². The number of nitrogens with one attached hydrogen (secondary N) is 2. The van der Waals surface area contributed by atoms with Crippen LogP contribution >= 0.6 is 0 Å². The van der Waals surface area contributed by atoms with Crippen molar-refractivity contribution in [2.75, 3.05) is 18.4 Å². The van der Waals surface area contributed by atoms with Crippen molar-refractivity contribution in [3.05, 3.63) is 29.1 Å². The Labute approximate surface area is 100 Å². The van der Waals surface area contributed by atoms with Gasteiger partial charge in [0.2, 0.25) is 5.82 Å². The molecule has 0 amide bonds. The van der Waals surface area contributed by atoms with Crippen LogP contribution in [0.15, 0.2) is 0 Å². The molecule has 1 aliphatic rings. The Morgan fingerprint density at radius 1 is 0.889 bits per heavy atom. The summed E-state index contributed by atoms with van der Waals surface area (Å²) in [5, 5.41) is 5.33. The molecule has 1 aromatic carbocycles. The highest BCUT2D eigenvalue weighted by Gasteiger charge is 2.27. The molecule has 1 heterocycles. The second kappa shape index (κ2) is 5.09. The Morgan fingerprint density at radius 2 is 1.44 bits per heavy atom. The molecule has 1 aliphatic heterocycles. The van der Waals surface area contributed by atoms with Crippen LogP contribution < -0.4 is 10.6 Å². The first-order valence-electron chi connectivity index (χ1n) is 5.51. The molecular formula is C11H11F5N2. The molecular weight excluding hydrogens is 255 g/mol. The summed E-state index contributed by atoms with van der Waals surface area (Å²) in [6.45, 7) is 1.19. The minimum Gasteiger partial charge on any atom is -0.376 e. The van der Waals surface area contributed by atoms with E-state index in [1.54, 1.807) is 0 Å². The highest BCUT2D eigenvalue weighted by atomic mass is 19.2. The molecule has 0 radical (unpaired) electrons. The monoisotopic (exact) mass is 266 g/mol. The normalized spacial score (nSPS) is 19.9. The highest BCUT2D eigenvalue weighted by molar-refractivity contribution is 5.48. The van der Waals surface area contributed by atoms with E-state index in [9.17, 15) is 22.0 Å². The summed E-state index contributed by atoms with van der Waals surface area (Å²) in [4.78, 5) is 0. The maximum absolute atomic E-state index is 13.4. The van der Waals surface area contributed by atoms with Crippen LogP contribution in [0, 0.1) is 29.1 Å². The third-order valence-corrected chi connectivity index (χ3v) is 2.86. The summed E-state index contributed by atoms with van der Waals surface area (Å²) < 4.78 is 65.4. The molecule has 0 spiro atoms. The van der Waals surface area contributed by atoms with E-state index >= 15 is 0 Å². The molecule has 18 heavy (non-hydrogen) atoms. The molecule has 2 rings (SSSR count). The molecule has 0 aromatic heterocycles. The second-order valence-corrected chi connectivity index (χ2v) is 4.13. The zero-order valence-corrected chi connectivity index (χ0v) is 9.30. The Kier molecular flexibility index (Phi) is 3.70. The van der Waals surface area contributed by atoms with Gasteiger partial charge in [-0.3, -0.25) is 0 Å². The van der Waals surface area contributed by atoms with Gasteiger partial charge < -0.3 is 10.6 Å². The first-order chi connectivity index (χ1) is 8.52. The number of hydrogen-bond donors (Lipinski definition) is 2. The van der Waals surface area contributed by atoms with Gasteiger partial charge in [0, 0.05) is 12.6 Å². The number of piperidine rings is 1. The zero-order chi connectivity index (χ0) is 13.3. The fourth-order valence-corrected chi connectivity index (χ4v) is 1.91. The molecule has 0 saturated carbocycles. The second-order valence-electron chi connectivity index (χ2n) is 4.13. The van der Waals surface area contributed by atoms with Crippen molar-refractivity contribution < 1.29 is 22.0 Å². The van der Waals surface area contributed by atoms with Crippen LogP contribution in [0.5, 0.6) is 0 Å². The Balaban J connectivity index is 2.32. The van der Waals surface area contributed by atoms with Crippen molar-refractivity contribution in [1.82, 2.24) is 5.32 Å². The average Bonchev–Trinajstić information content (AvgIpc) is 2.40. The fraction of sp³-hybridized carbons (Fsp3) is 0.455. The molecule has 100 valence electrons. The minimum atomic E-state index is -2.14. The largest absolute Gasteiger partial charge is 0.376 e. The van der Waals surface area contributed by atoms with Gasteiger partial charge in [0.25, 0.3) is 0 Å². The van der Waals surface area contributed by atoms with E-state index in [1.165, 1.54) is 0 Å². The van der Waals surface area contributed by atoms with Gasteiger partial charge in [-0.15, -0.1) is 0 Å². The summed E-state index contributed by atoms with van der Waals surface area (Å²) >= 11 is 0. The molecule has 1 saturated heterocycles. The number of benzene rings is 1. The Bertz CT molecular complexity index is 428. The molecule has 1 atom stereocenters. The molecule has 0 aliphatic carbocycles. The van der Waals surface area contributed by atoms with Crippen molar-refractivity contribution in [2.45, 2.75) is 18.9 Å². The lowest BCUT2D eigenvalue weighted by atomic mass is 10.1. The third kappa shape index (κ3) is 2.27. The number of anilines is 1. The highest BCUT2D eigenvalue weighted by Crippen LogP contribution is 2.28. The average molecular weight is 266 g/mol. The molecule has 2 N–H and O–H groups in total. The first kappa shape index (κ1) is 13.1. The van der Waals surface area contributed by atoms with Gasteiger partial charge >= 0.3 is 0 Å². The number of rotatable bonds is 2. The summed E-state index contributed by atoms with van der Waals surface area (Å²) in [6, 6.07) is -0.355. The van der Waals surface area contributed by atoms with Crippen molar-refractivity contribution in [1.29, 1.82) is 0 Å². The van der Waals surface area contributed by atoms with Crippen LogP contribution in [0.25, 0.3) is 0 Å². The Hall–Kier alpha value is -1.37. The van der Waals surface area contributed by atoms with E-state index in [1.807, 2.05) is 0 Å². The zero-order valence-electron chi connectivity index (χ0n) is 9.30. The van der Waals surface area contributed by atoms with Crippen molar-refractivity contribution >= 4 is 5.69 Å². The van der Waals surface area contributed by atoms with Crippen LogP contribution in [-0.4, -0.2) is 19.1 Å². The quantitative estimate of drug-likeness (QED) is 0.488. The van der Waals surface area contributed by atoms with E-state index in [0.717, 1.165) is 13.0 Å². The van der Waals surface area contributed by atoms with E-state index in [-0.39, 0.29) is 6.04 Å². The lowest BCUT2D eigenvalue weighted by Gasteiger charge is -2.25.